The summed E-state index contributed by atoms with van der Waals surface area (Å²) < 4.78 is 0. The number of nitro groups is 1. The fourth-order valence-corrected chi connectivity index (χ4v) is 2.66. The molecule has 1 aromatic carbocycles. The third kappa shape index (κ3) is 3.49. The van der Waals surface area contributed by atoms with Crippen LogP contribution >= 0.6 is 0 Å². The van der Waals surface area contributed by atoms with E-state index in [1.807, 2.05) is 0 Å². The largest absolute Gasteiger partial charge is 0.478 e. The highest BCUT2D eigenvalue weighted by Crippen LogP contribution is 2.31. The first-order valence-electron chi connectivity index (χ1n) is 6.95. The number of aromatic carboxylic acids is 1. The van der Waals surface area contributed by atoms with E-state index in [9.17, 15) is 20.0 Å². The van der Waals surface area contributed by atoms with Gasteiger partial charge in [-0.25, -0.2) is 4.79 Å². The summed E-state index contributed by atoms with van der Waals surface area (Å²) in [5.74, 6) is -1.15. The van der Waals surface area contributed by atoms with Crippen molar-refractivity contribution < 1.29 is 14.8 Å². The molecule has 21 heavy (non-hydrogen) atoms. The number of carboxylic acid groups (broad SMARTS) is 1. The fraction of sp³-hybridized carbons (Fsp3) is 0.500. The lowest BCUT2D eigenvalue weighted by atomic mass is 10.1. The number of nitrogens with zero attached hydrogens (tertiary/aromatic N) is 3. The summed E-state index contributed by atoms with van der Waals surface area (Å²) in [4.78, 5) is 25.9. The van der Waals surface area contributed by atoms with Crippen LogP contribution in [0.4, 0.5) is 11.4 Å². The predicted octanol–water partition coefficient (Wildman–Crippen LogP) is 1.82. The van der Waals surface area contributed by atoms with Crippen LogP contribution in [-0.2, 0) is 0 Å². The van der Waals surface area contributed by atoms with E-state index < -0.39 is 10.9 Å². The lowest BCUT2D eigenvalue weighted by Crippen LogP contribution is -2.32. The number of likely N-dealkylation sites (N-methyl/N-ethyl adjacent to an activating group) is 1. The van der Waals surface area contributed by atoms with Crippen LogP contribution in [0.25, 0.3) is 0 Å². The minimum Gasteiger partial charge on any atom is -0.478 e. The Balaban J connectivity index is 2.22. The van der Waals surface area contributed by atoms with Gasteiger partial charge in [0.05, 0.1) is 10.5 Å². The summed E-state index contributed by atoms with van der Waals surface area (Å²) in [6.45, 7) is 3.42. The first-order valence-corrected chi connectivity index (χ1v) is 6.95. The Bertz CT molecular complexity index is 509. The Hall–Kier alpha value is -2.15. The van der Waals surface area contributed by atoms with Crippen molar-refractivity contribution in [3.63, 3.8) is 0 Å². The van der Waals surface area contributed by atoms with Crippen LogP contribution in [0, 0.1) is 10.1 Å². The van der Waals surface area contributed by atoms with Crippen LogP contribution in [0.2, 0.25) is 0 Å². The summed E-state index contributed by atoms with van der Waals surface area (Å²) in [6, 6.07) is 4.14. The minimum atomic E-state index is -1.15. The molecule has 114 valence electrons. The van der Waals surface area contributed by atoms with Crippen molar-refractivity contribution in [1.82, 2.24) is 4.90 Å². The van der Waals surface area contributed by atoms with E-state index in [2.05, 4.69) is 4.90 Å². The van der Waals surface area contributed by atoms with Crippen molar-refractivity contribution in [3.05, 3.63) is 33.9 Å². The number of para-hydroxylation sites is 1. The first kappa shape index (κ1) is 15.2. The second-order valence-electron chi connectivity index (χ2n) is 5.21. The molecule has 7 nitrogen and oxygen atoms in total. The highest BCUT2D eigenvalue weighted by atomic mass is 16.6. The molecule has 0 bridgehead atoms. The van der Waals surface area contributed by atoms with Gasteiger partial charge in [0.15, 0.2) is 0 Å². The average molecular weight is 293 g/mol. The Morgan fingerprint density at radius 3 is 2.67 bits per heavy atom. The molecule has 0 saturated carbocycles. The molecule has 1 N–H and O–H groups in total. The third-order valence-corrected chi connectivity index (χ3v) is 3.77. The van der Waals surface area contributed by atoms with Crippen LogP contribution in [0.5, 0.6) is 0 Å². The van der Waals surface area contributed by atoms with Crippen molar-refractivity contribution >= 4 is 17.3 Å². The van der Waals surface area contributed by atoms with Crippen LogP contribution in [0.3, 0.4) is 0 Å². The SMILES string of the molecule is CN(CCN1CCCC1)c1c(C(=O)O)cccc1[N+](=O)[O-]. The second-order valence-corrected chi connectivity index (χ2v) is 5.21. The molecule has 0 aromatic heterocycles. The van der Waals surface area contributed by atoms with Gasteiger partial charge in [-0.1, -0.05) is 6.07 Å². The Morgan fingerprint density at radius 2 is 2.10 bits per heavy atom. The minimum absolute atomic E-state index is 0.0341. The molecule has 2 rings (SSSR count). The maximum Gasteiger partial charge on any atom is 0.338 e. The number of carbonyl (C=O) groups is 1. The normalized spacial score (nSPS) is 15.1. The molecule has 0 unspecified atom stereocenters. The standard InChI is InChI=1S/C14H19N3O4/c1-15(9-10-16-7-2-3-8-16)13-11(14(18)19)5-4-6-12(13)17(20)21/h4-6H,2-3,7-10H2,1H3,(H,18,19). The molecular weight excluding hydrogens is 274 g/mol. The van der Waals surface area contributed by atoms with Gasteiger partial charge in [0.2, 0.25) is 0 Å². The van der Waals surface area contributed by atoms with Gasteiger partial charge in [-0.2, -0.15) is 0 Å². The number of anilines is 1. The molecule has 0 spiro atoms. The topological polar surface area (TPSA) is 86.9 Å². The van der Waals surface area contributed by atoms with Crippen molar-refractivity contribution in [2.75, 3.05) is 38.1 Å². The van der Waals surface area contributed by atoms with Crippen LogP contribution < -0.4 is 4.90 Å². The predicted molar refractivity (Wildman–Crippen MR) is 79.0 cm³/mol. The van der Waals surface area contributed by atoms with Gasteiger partial charge in [-0.3, -0.25) is 10.1 Å². The zero-order valence-electron chi connectivity index (χ0n) is 12.0. The van der Waals surface area contributed by atoms with Crippen molar-refractivity contribution in [2.24, 2.45) is 0 Å². The number of benzene rings is 1. The fourth-order valence-electron chi connectivity index (χ4n) is 2.66. The summed E-state index contributed by atoms with van der Waals surface area (Å²) in [6.07, 6.45) is 2.35. The van der Waals surface area contributed by atoms with Crippen molar-refractivity contribution in [2.45, 2.75) is 12.8 Å². The molecule has 7 heteroatoms. The monoisotopic (exact) mass is 293 g/mol. The molecule has 0 aliphatic carbocycles. The van der Waals surface area contributed by atoms with E-state index in [1.165, 1.54) is 31.0 Å². The smallest absolute Gasteiger partial charge is 0.338 e. The molecule has 1 saturated heterocycles. The highest BCUT2D eigenvalue weighted by molar-refractivity contribution is 5.97. The molecule has 1 heterocycles. The number of carboxylic acids is 1. The van der Waals surface area contributed by atoms with Gasteiger partial charge >= 0.3 is 5.97 Å². The van der Waals surface area contributed by atoms with Gasteiger partial charge in [-0.05, 0) is 32.0 Å². The Morgan fingerprint density at radius 1 is 1.43 bits per heavy atom. The summed E-state index contributed by atoms with van der Waals surface area (Å²) in [5.41, 5.74) is -0.0267. The molecule has 0 atom stereocenters. The molecule has 1 aliphatic heterocycles. The van der Waals surface area contributed by atoms with Crippen molar-refractivity contribution in [1.29, 1.82) is 0 Å². The van der Waals surface area contributed by atoms with Crippen molar-refractivity contribution in [3.8, 4) is 0 Å². The van der Waals surface area contributed by atoms with E-state index in [4.69, 9.17) is 0 Å². The van der Waals surface area contributed by atoms with Gasteiger partial charge in [-0.15, -0.1) is 0 Å². The van der Waals surface area contributed by atoms with Crippen LogP contribution in [-0.4, -0.2) is 54.1 Å². The lowest BCUT2D eigenvalue weighted by molar-refractivity contribution is -0.384. The van der Waals surface area contributed by atoms with E-state index in [0.29, 0.717) is 6.54 Å². The molecular formula is C14H19N3O4. The van der Waals surface area contributed by atoms with E-state index in [-0.39, 0.29) is 16.9 Å². The molecule has 1 aromatic rings. The Kier molecular flexibility index (Phi) is 4.74. The van der Waals surface area contributed by atoms with Gasteiger partial charge in [0, 0.05) is 26.2 Å². The molecule has 1 aliphatic rings. The van der Waals surface area contributed by atoms with Gasteiger partial charge in [0.25, 0.3) is 5.69 Å². The Labute approximate surface area is 122 Å². The summed E-state index contributed by atoms with van der Waals surface area (Å²) in [5, 5.41) is 20.4. The maximum atomic E-state index is 11.3. The number of hydrogen-bond acceptors (Lipinski definition) is 5. The van der Waals surface area contributed by atoms with E-state index >= 15 is 0 Å². The molecule has 1 fully saturated rings. The second kappa shape index (κ2) is 6.53. The third-order valence-electron chi connectivity index (χ3n) is 3.77. The lowest BCUT2D eigenvalue weighted by Gasteiger charge is -2.24. The number of hydrogen-bond donors (Lipinski definition) is 1. The molecule has 0 radical (unpaired) electrons. The van der Waals surface area contributed by atoms with E-state index in [1.54, 1.807) is 11.9 Å². The zero-order chi connectivity index (χ0) is 15.4. The first-order chi connectivity index (χ1) is 10.0. The molecule has 0 amide bonds. The number of rotatable bonds is 6. The number of nitro benzene ring substituents is 1. The van der Waals surface area contributed by atoms with Gasteiger partial charge < -0.3 is 14.9 Å². The quantitative estimate of drug-likeness (QED) is 0.636. The van der Waals surface area contributed by atoms with Gasteiger partial charge in [0.1, 0.15) is 5.69 Å². The summed E-state index contributed by atoms with van der Waals surface area (Å²) >= 11 is 0. The van der Waals surface area contributed by atoms with Crippen LogP contribution in [0.1, 0.15) is 23.2 Å². The highest BCUT2D eigenvalue weighted by Gasteiger charge is 2.24. The van der Waals surface area contributed by atoms with Crippen LogP contribution in [0.15, 0.2) is 18.2 Å². The number of likely N-dealkylation sites (tertiary alicyclic amines) is 1. The summed E-state index contributed by atoms with van der Waals surface area (Å²) in [7, 11) is 1.70. The average Bonchev–Trinajstić information content (AvgIpc) is 2.97. The van der Waals surface area contributed by atoms with E-state index in [0.717, 1.165) is 19.6 Å². The maximum absolute atomic E-state index is 11.3. The zero-order valence-corrected chi connectivity index (χ0v) is 12.0.